The van der Waals surface area contributed by atoms with Crippen LogP contribution in [0, 0.1) is 35.5 Å². The molecule has 1 amide bonds. The molecule has 30 heavy (non-hydrogen) atoms. The van der Waals surface area contributed by atoms with Crippen LogP contribution in [0.25, 0.3) is 0 Å². The molecule has 152 valence electrons. The third-order valence-corrected chi connectivity index (χ3v) is 6.22. The Bertz CT molecular complexity index is 1040. The standard InChI is InChI=1S/C24H23N3O3/c1-15-10-12-17(13-11-15)26-23-24(14-25)18(8-5-9-19(24)28)20(22(30)27-23)21(29)16-6-3-2-4-7-16/h2-4,6-7,10-13,18-20,28H,5,8-9H2,1H3,(H,26,27,30)/t18-,19-,20-,24-/m1/s1. The van der Waals surface area contributed by atoms with Gasteiger partial charge in [0, 0.05) is 11.5 Å². The first kappa shape index (κ1) is 20.0. The second-order valence-corrected chi connectivity index (χ2v) is 8.03. The summed E-state index contributed by atoms with van der Waals surface area (Å²) in [5, 5.41) is 23.9. The van der Waals surface area contributed by atoms with Gasteiger partial charge in [-0.05, 0) is 31.9 Å². The number of amidine groups is 1. The van der Waals surface area contributed by atoms with Gasteiger partial charge in [0.2, 0.25) is 5.91 Å². The maximum atomic E-state index is 13.2. The average Bonchev–Trinajstić information content (AvgIpc) is 2.76. The number of rotatable bonds is 3. The van der Waals surface area contributed by atoms with Gasteiger partial charge < -0.3 is 10.4 Å². The van der Waals surface area contributed by atoms with Crippen LogP contribution in [0.15, 0.2) is 59.6 Å². The van der Waals surface area contributed by atoms with E-state index in [0.717, 1.165) is 5.56 Å². The van der Waals surface area contributed by atoms with Gasteiger partial charge in [-0.25, -0.2) is 4.99 Å². The van der Waals surface area contributed by atoms with Crippen molar-refractivity contribution in [2.45, 2.75) is 32.3 Å². The fraction of sp³-hybridized carbons (Fsp3) is 0.333. The van der Waals surface area contributed by atoms with Crippen LogP contribution in [-0.2, 0) is 4.79 Å². The van der Waals surface area contributed by atoms with E-state index in [4.69, 9.17) is 0 Å². The molecule has 1 aliphatic carbocycles. The Balaban J connectivity index is 1.81. The molecule has 2 aromatic rings. The number of benzene rings is 2. The number of nitrogens with one attached hydrogen (secondary N) is 1. The molecule has 2 aromatic carbocycles. The summed E-state index contributed by atoms with van der Waals surface area (Å²) in [4.78, 5) is 30.9. The second-order valence-electron chi connectivity index (χ2n) is 8.03. The van der Waals surface area contributed by atoms with Gasteiger partial charge in [-0.2, -0.15) is 5.26 Å². The summed E-state index contributed by atoms with van der Waals surface area (Å²) in [7, 11) is 0. The number of amides is 1. The lowest BCUT2D eigenvalue weighted by Gasteiger charge is -2.48. The van der Waals surface area contributed by atoms with Crippen molar-refractivity contribution in [1.82, 2.24) is 5.32 Å². The molecule has 4 atom stereocenters. The summed E-state index contributed by atoms with van der Waals surface area (Å²) in [5.41, 5.74) is 0.621. The van der Waals surface area contributed by atoms with Crippen molar-refractivity contribution in [3.8, 4) is 6.07 Å². The molecule has 1 saturated carbocycles. The number of nitrogens with zero attached hydrogens (tertiary/aromatic N) is 2. The van der Waals surface area contributed by atoms with E-state index in [2.05, 4.69) is 16.4 Å². The van der Waals surface area contributed by atoms with Gasteiger partial charge in [0.05, 0.1) is 17.9 Å². The molecule has 6 nitrogen and oxygen atoms in total. The van der Waals surface area contributed by atoms with Gasteiger partial charge in [-0.3, -0.25) is 9.59 Å². The normalized spacial score (nSPS) is 29.6. The molecule has 0 unspecified atom stereocenters. The number of aryl methyl sites for hydroxylation is 1. The van der Waals surface area contributed by atoms with Crippen LogP contribution in [0.3, 0.4) is 0 Å². The van der Waals surface area contributed by atoms with Gasteiger partial charge in [0.15, 0.2) is 5.78 Å². The molecule has 2 aliphatic rings. The Morgan fingerprint density at radius 1 is 1.17 bits per heavy atom. The van der Waals surface area contributed by atoms with E-state index in [0.29, 0.717) is 30.5 Å². The Kier molecular flexibility index (Phi) is 5.23. The van der Waals surface area contributed by atoms with Crippen LogP contribution in [0.5, 0.6) is 0 Å². The molecule has 4 rings (SSSR count). The zero-order chi connectivity index (χ0) is 21.3. The quantitative estimate of drug-likeness (QED) is 0.608. The molecule has 1 saturated heterocycles. The highest BCUT2D eigenvalue weighted by molar-refractivity contribution is 6.18. The van der Waals surface area contributed by atoms with Crippen molar-refractivity contribution >= 4 is 23.2 Å². The van der Waals surface area contributed by atoms with Gasteiger partial charge in [0.25, 0.3) is 0 Å². The number of Topliss-reactive ketones (excluding diaryl/α,β-unsaturated/α-hetero) is 1. The molecule has 0 spiro atoms. The summed E-state index contributed by atoms with van der Waals surface area (Å²) >= 11 is 0. The van der Waals surface area contributed by atoms with Gasteiger partial charge in [-0.1, -0.05) is 54.4 Å². The highest BCUT2D eigenvalue weighted by Gasteiger charge is 2.61. The van der Waals surface area contributed by atoms with Crippen LogP contribution in [-0.4, -0.2) is 28.7 Å². The fourth-order valence-electron chi connectivity index (χ4n) is 4.64. The predicted octanol–water partition coefficient (Wildman–Crippen LogP) is 3.32. The molecule has 0 radical (unpaired) electrons. The number of nitriles is 1. The molecule has 2 N–H and O–H groups in total. The third-order valence-electron chi connectivity index (χ3n) is 6.22. The molecule has 0 bridgehead atoms. The minimum atomic E-state index is -1.44. The highest BCUT2D eigenvalue weighted by Crippen LogP contribution is 2.49. The Morgan fingerprint density at radius 3 is 2.53 bits per heavy atom. The molecule has 6 heteroatoms. The number of fused-ring (bicyclic) bond motifs is 1. The van der Waals surface area contributed by atoms with Crippen LogP contribution in [0.2, 0.25) is 0 Å². The first-order valence-corrected chi connectivity index (χ1v) is 10.1. The summed E-state index contributed by atoms with van der Waals surface area (Å²) in [6.07, 6.45) is 0.531. The lowest BCUT2D eigenvalue weighted by Crippen LogP contribution is -2.65. The predicted molar refractivity (Wildman–Crippen MR) is 112 cm³/mol. The molecular weight excluding hydrogens is 378 g/mol. The minimum absolute atomic E-state index is 0.133. The minimum Gasteiger partial charge on any atom is -0.391 e. The van der Waals surface area contributed by atoms with E-state index >= 15 is 0 Å². The number of carbonyl (C=O) groups is 2. The summed E-state index contributed by atoms with van der Waals surface area (Å²) in [5.74, 6) is -2.36. The topological polar surface area (TPSA) is 103 Å². The number of aliphatic hydroxyl groups is 1. The van der Waals surface area contributed by atoms with Crippen LogP contribution < -0.4 is 5.32 Å². The van der Waals surface area contributed by atoms with E-state index in [1.807, 2.05) is 19.1 Å². The van der Waals surface area contributed by atoms with E-state index in [-0.39, 0.29) is 11.6 Å². The smallest absolute Gasteiger partial charge is 0.236 e. The van der Waals surface area contributed by atoms with Gasteiger partial charge in [-0.15, -0.1) is 0 Å². The maximum absolute atomic E-state index is 13.2. The molecule has 1 aliphatic heterocycles. The van der Waals surface area contributed by atoms with E-state index < -0.39 is 29.3 Å². The monoisotopic (exact) mass is 401 g/mol. The molecule has 0 aromatic heterocycles. The fourth-order valence-corrected chi connectivity index (χ4v) is 4.64. The number of aliphatic imine (C=N–C) groups is 1. The van der Waals surface area contributed by atoms with Crippen molar-refractivity contribution < 1.29 is 14.7 Å². The number of ketones is 1. The van der Waals surface area contributed by atoms with Crippen molar-refractivity contribution in [2.75, 3.05) is 0 Å². The van der Waals surface area contributed by atoms with Crippen LogP contribution in [0.4, 0.5) is 5.69 Å². The number of aliphatic hydroxyl groups excluding tert-OH is 1. The Morgan fingerprint density at radius 2 is 1.87 bits per heavy atom. The average molecular weight is 401 g/mol. The van der Waals surface area contributed by atoms with Crippen molar-refractivity contribution in [1.29, 1.82) is 5.26 Å². The summed E-state index contributed by atoms with van der Waals surface area (Å²) in [6.45, 7) is 1.96. The zero-order valence-electron chi connectivity index (χ0n) is 16.7. The maximum Gasteiger partial charge on any atom is 0.236 e. The number of hydrogen-bond donors (Lipinski definition) is 2. The Labute approximate surface area is 175 Å². The molecule has 2 fully saturated rings. The number of hydrogen-bond acceptors (Lipinski definition) is 5. The first-order chi connectivity index (χ1) is 14.5. The second kappa shape index (κ2) is 7.85. The van der Waals surface area contributed by atoms with Crippen molar-refractivity contribution in [2.24, 2.45) is 22.2 Å². The SMILES string of the molecule is Cc1ccc(N=C2NC(=O)[C@@H](C(=O)c3ccccc3)[C@H]3CCC[C@@H](O)[C@]23C#N)cc1. The van der Waals surface area contributed by atoms with Gasteiger partial charge in [0.1, 0.15) is 17.2 Å². The first-order valence-electron chi connectivity index (χ1n) is 10.1. The van der Waals surface area contributed by atoms with E-state index in [1.165, 1.54) is 0 Å². The van der Waals surface area contributed by atoms with Crippen LogP contribution in [0.1, 0.15) is 35.2 Å². The molecule has 1 heterocycles. The van der Waals surface area contributed by atoms with E-state index in [1.54, 1.807) is 42.5 Å². The Hall–Kier alpha value is -3.30. The van der Waals surface area contributed by atoms with Crippen molar-refractivity contribution in [3.63, 3.8) is 0 Å². The summed E-state index contributed by atoms with van der Waals surface area (Å²) < 4.78 is 0. The van der Waals surface area contributed by atoms with Crippen LogP contribution >= 0.6 is 0 Å². The third kappa shape index (κ3) is 3.21. The van der Waals surface area contributed by atoms with Crippen molar-refractivity contribution in [3.05, 3.63) is 65.7 Å². The van der Waals surface area contributed by atoms with E-state index in [9.17, 15) is 20.0 Å². The number of carbonyl (C=O) groups excluding carboxylic acids is 2. The summed E-state index contributed by atoms with van der Waals surface area (Å²) in [6, 6.07) is 18.2. The van der Waals surface area contributed by atoms with Gasteiger partial charge >= 0.3 is 0 Å². The largest absolute Gasteiger partial charge is 0.391 e. The molecular formula is C24H23N3O3. The highest BCUT2D eigenvalue weighted by atomic mass is 16.3. The zero-order valence-corrected chi connectivity index (χ0v) is 16.7. The lowest BCUT2D eigenvalue weighted by atomic mass is 9.57. The number of piperidine rings is 1. The lowest BCUT2D eigenvalue weighted by molar-refractivity contribution is -0.128.